The summed E-state index contributed by atoms with van der Waals surface area (Å²) < 4.78 is 5.62. The van der Waals surface area contributed by atoms with Crippen LogP contribution in [0.3, 0.4) is 0 Å². The van der Waals surface area contributed by atoms with Crippen LogP contribution in [-0.2, 0) is 6.61 Å². The van der Waals surface area contributed by atoms with Gasteiger partial charge in [-0.15, -0.1) is 0 Å². The van der Waals surface area contributed by atoms with Crippen molar-refractivity contribution in [2.24, 2.45) is 5.73 Å². The molecule has 0 aliphatic heterocycles. The van der Waals surface area contributed by atoms with Gasteiger partial charge in [-0.1, -0.05) is 59.1 Å². The first-order valence-electron chi connectivity index (χ1n) is 5.68. The minimum absolute atomic E-state index is 0.0162. The highest BCUT2D eigenvalue weighted by Crippen LogP contribution is 2.36. The molecule has 0 aliphatic rings. The highest BCUT2D eigenvalue weighted by atomic mass is 35.5. The molecule has 2 rings (SSSR count). The van der Waals surface area contributed by atoms with Crippen molar-refractivity contribution in [2.75, 3.05) is 0 Å². The molecule has 0 radical (unpaired) electrons. The summed E-state index contributed by atoms with van der Waals surface area (Å²) in [6, 6.07) is 10.3. The van der Waals surface area contributed by atoms with Crippen LogP contribution in [0, 0.1) is 5.41 Å². The Labute approximate surface area is 131 Å². The van der Waals surface area contributed by atoms with Crippen molar-refractivity contribution < 1.29 is 4.74 Å². The average Bonchev–Trinajstić information content (AvgIpc) is 2.37. The summed E-state index contributed by atoms with van der Waals surface area (Å²) in [5.74, 6) is 0.341. The second kappa shape index (κ2) is 6.35. The Morgan fingerprint density at radius 3 is 2.30 bits per heavy atom. The van der Waals surface area contributed by atoms with E-state index in [-0.39, 0.29) is 12.4 Å². The van der Waals surface area contributed by atoms with Crippen molar-refractivity contribution in [2.45, 2.75) is 6.61 Å². The maximum atomic E-state index is 7.52. The summed E-state index contributed by atoms with van der Waals surface area (Å²) in [5, 5.41) is 8.64. The van der Waals surface area contributed by atoms with Gasteiger partial charge in [-0.25, -0.2) is 0 Å². The van der Waals surface area contributed by atoms with E-state index in [9.17, 15) is 0 Å². The first kappa shape index (κ1) is 15.0. The van der Waals surface area contributed by atoms with Crippen molar-refractivity contribution in [3.8, 4) is 5.75 Å². The van der Waals surface area contributed by atoms with E-state index in [1.807, 2.05) is 18.2 Å². The first-order valence-corrected chi connectivity index (χ1v) is 6.82. The Balaban J connectivity index is 2.24. The summed E-state index contributed by atoms with van der Waals surface area (Å²) in [4.78, 5) is 0. The fourth-order valence-electron chi connectivity index (χ4n) is 1.73. The van der Waals surface area contributed by atoms with E-state index in [0.29, 0.717) is 26.4 Å². The molecule has 0 bridgehead atoms. The number of nitrogens with one attached hydrogen (secondary N) is 1. The van der Waals surface area contributed by atoms with Gasteiger partial charge in [-0.05, 0) is 12.1 Å². The van der Waals surface area contributed by atoms with E-state index >= 15 is 0 Å². The van der Waals surface area contributed by atoms with Gasteiger partial charge in [0.05, 0.1) is 10.0 Å². The van der Waals surface area contributed by atoms with Gasteiger partial charge in [0.2, 0.25) is 0 Å². The SMILES string of the molecule is N=C(N)c1ccccc1COc1c(Cl)cc(Cl)cc1Cl. The number of amidine groups is 1. The quantitative estimate of drug-likeness (QED) is 0.640. The zero-order valence-corrected chi connectivity index (χ0v) is 12.6. The molecular weight excluding hydrogens is 319 g/mol. The van der Waals surface area contributed by atoms with E-state index < -0.39 is 0 Å². The Bertz CT molecular complexity index is 636. The molecule has 20 heavy (non-hydrogen) atoms. The molecule has 0 aliphatic carbocycles. The maximum Gasteiger partial charge on any atom is 0.157 e. The topological polar surface area (TPSA) is 59.1 Å². The van der Waals surface area contributed by atoms with Crippen LogP contribution >= 0.6 is 34.8 Å². The Morgan fingerprint density at radius 1 is 1.10 bits per heavy atom. The Kier molecular flexibility index (Phi) is 4.76. The highest BCUT2D eigenvalue weighted by Gasteiger charge is 2.11. The zero-order valence-electron chi connectivity index (χ0n) is 10.3. The average molecular weight is 330 g/mol. The predicted molar refractivity (Wildman–Crippen MR) is 83.3 cm³/mol. The Morgan fingerprint density at radius 2 is 1.70 bits per heavy atom. The van der Waals surface area contributed by atoms with Crippen LogP contribution in [0.25, 0.3) is 0 Å². The lowest BCUT2D eigenvalue weighted by Gasteiger charge is -2.12. The van der Waals surface area contributed by atoms with Gasteiger partial charge in [-0.3, -0.25) is 5.41 Å². The summed E-state index contributed by atoms with van der Waals surface area (Å²) in [6.07, 6.45) is 0. The van der Waals surface area contributed by atoms with Crippen molar-refractivity contribution in [3.05, 3.63) is 62.6 Å². The van der Waals surface area contributed by atoms with Crippen LogP contribution in [0.5, 0.6) is 5.75 Å². The molecule has 0 saturated heterocycles. The number of nitrogen functional groups attached to an aromatic ring is 1. The van der Waals surface area contributed by atoms with Crippen molar-refractivity contribution >= 4 is 40.6 Å². The molecule has 0 aromatic heterocycles. The smallest absolute Gasteiger partial charge is 0.157 e. The van der Waals surface area contributed by atoms with Crippen molar-refractivity contribution in [1.82, 2.24) is 0 Å². The van der Waals surface area contributed by atoms with Gasteiger partial charge in [0.25, 0.3) is 0 Å². The molecule has 3 nitrogen and oxygen atoms in total. The lowest BCUT2D eigenvalue weighted by Crippen LogP contribution is -2.14. The van der Waals surface area contributed by atoms with Crippen LogP contribution in [0.2, 0.25) is 15.1 Å². The van der Waals surface area contributed by atoms with E-state index in [0.717, 1.165) is 5.56 Å². The minimum atomic E-state index is -0.0162. The van der Waals surface area contributed by atoms with Crippen molar-refractivity contribution in [1.29, 1.82) is 5.41 Å². The molecule has 0 saturated carbocycles. The van der Waals surface area contributed by atoms with Crippen LogP contribution in [0.15, 0.2) is 36.4 Å². The largest absolute Gasteiger partial charge is 0.486 e. The van der Waals surface area contributed by atoms with Crippen LogP contribution in [0.4, 0.5) is 0 Å². The summed E-state index contributed by atoms with van der Waals surface area (Å²) >= 11 is 17.9. The number of hydrogen-bond acceptors (Lipinski definition) is 2. The molecular formula is C14H11Cl3N2O. The third kappa shape index (κ3) is 3.37. The van der Waals surface area contributed by atoms with E-state index in [4.69, 9.17) is 50.7 Å². The monoisotopic (exact) mass is 328 g/mol. The van der Waals surface area contributed by atoms with Gasteiger partial charge in [0.15, 0.2) is 5.75 Å². The molecule has 2 aromatic rings. The fourth-order valence-corrected chi connectivity index (χ4v) is 2.65. The van der Waals surface area contributed by atoms with Gasteiger partial charge in [0.1, 0.15) is 12.4 Å². The standard InChI is InChI=1S/C14H11Cl3N2O/c15-9-5-11(16)13(12(17)6-9)20-7-8-3-1-2-4-10(8)14(18)19/h1-6H,7H2,(H3,18,19). The zero-order chi connectivity index (χ0) is 14.7. The summed E-state index contributed by atoms with van der Waals surface area (Å²) in [7, 11) is 0. The second-order valence-electron chi connectivity index (χ2n) is 4.06. The number of halogens is 3. The molecule has 0 fully saturated rings. The predicted octanol–water partition coefficient (Wildman–Crippen LogP) is 4.51. The maximum absolute atomic E-state index is 7.52. The molecule has 0 unspecified atom stereocenters. The normalized spacial score (nSPS) is 10.3. The second-order valence-corrected chi connectivity index (χ2v) is 5.31. The van der Waals surface area contributed by atoms with E-state index in [1.165, 1.54) is 0 Å². The van der Waals surface area contributed by atoms with Crippen LogP contribution in [-0.4, -0.2) is 5.84 Å². The number of rotatable bonds is 4. The third-order valence-corrected chi connectivity index (χ3v) is 3.42. The molecule has 2 aromatic carbocycles. The lowest BCUT2D eigenvalue weighted by molar-refractivity contribution is 0.306. The number of hydrogen-bond donors (Lipinski definition) is 2. The summed E-state index contributed by atoms with van der Waals surface area (Å²) in [6.45, 7) is 0.205. The molecule has 0 heterocycles. The lowest BCUT2D eigenvalue weighted by atomic mass is 10.1. The van der Waals surface area contributed by atoms with Crippen LogP contribution in [0.1, 0.15) is 11.1 Å². The number of ether oxygens (including phenoxy) is 1. The molecule has 3 N–H and O–H groups in total. The molecule has 0 spiro atoms. The van der Waals surface area contributed by atoms with E-state index in [1.54, 1.807) is 18.2 Å². The fraction of sp³-hybridized carbons (Fsp3) is 0.0714. The Hall–Kier alpha value is -1.42. The van der Waals surface area contributed by atoms with Gasteiger partial charge >= 0.3 is 0 Å². The number of nitrogens with two attached hydrogens (primary N) is 1. The minimum Gasteiger partial charge on any atom is -0.486 e. The molecule has 104 valence electrons. The van der Waals surface area contributed by atoms with Gasteiger partial charge in [0, 0.05) is 16.1 Å². The summed E-state index contributed by atoms with van der Waals surface area (Å²) in [5.41, 5.74) is 6.92. The molecule has 6 heteroatoms. The third-order valence-electron chi connectivity index (χ3n) is 2.64. The number of benzene rings is 2. The molecule has 0 amide bonds. The highest BCUT2D eigenvalue weighted by molar-refractivity contribution is 6.40. The van der Waals surface area contributed by atoms with E-state index in [2.05, 4.69) is 0 Å². The molecule has 0 atom stereocenters. The van der Waals surface area contributed by atoms with Gasteiger partial charge in [-0.2, -0.15) is 0 Å². The van der Waals surface area contributed by atoms with Gasteiger partial charge < -0.3 is 10.5 Å². The van der Waals surface area contributed by atoms with Crippen molar-refractivity contribution in [3.63, 3.8) is 0 Å². The first-order chi connectivity index (χ1) is 9.49. The van der Waals surface area contributed by atoms with Crippen LogP contribution < -0.4 is 10.5 Å².